The van der Waals surface area contributed by atoms with E-state index in [1.807, 2.05) is 17.9 Å². The summed E-state index contributed by atoms with van der Waals surface area (Å²) < 4.78 is 25.8. The highest BCUT2D eigenvalue weighted by molar-refractivity contribution is 7.92. The second kappa shape index (κ2) is 8.06. The van der Waals surface area contributed by atoms with Gasteiger partial charge in [0.2, 0.25) is 10.0 Å². The summed E-state index contributed by atoms with van der Waals surface area (Å²) in [6, 6.07) is 14.1. The summed E-state index contributed by atoms with van der Waals surface area (Å²) >= 11 is 0. The first-order chi connectivity index (χ1) is 14.3. The molecule has 1 aliphatic heterocycles. The number of benzene rings is 2. The average molecular weight is 427 g/mol. The van der Waals surface area contributed by atoms with Crippen LogP contribution in [-0.4, -0.2) is 44.1 Å². The zero-order valence-corrected chi connectivity index (χ0v) is 18.8. The Balaban J connectivity index is 1.61. The molecule has 2 unspecified atom stereocenters. The van der Waals surface area contributed by atoms with Crippen LogP contribution in [0.4, 0.5) is 5.69 Å². The standard InChI is InChI=1S/C24H30N2O3S/c1-4-13-25(22-11-9-18-7-5-6-8-19(18)16-22)24(27)20-10-12-23-21(15-20)14-17(2)26(23)30(3,28)29/h5-8,10,12,15,17,22H,4,9,11,13-14,16H2,1-3H3. The highest BCUT2D eigenvalue weighted by Gasteiger charge is 2.34. The molecule has 5 nitrogen and oxygen atoms in total. The number of hydrogen-bond donors (Lipinski definition) is 0. The van der Waals surface area contributed by atoms with Gasteiger partial charge in [-0.15, -0.1) is 0 Å². The Morgan fingerprint density at radius 3 is 2.53 bits per heavy atom. The van der Waals surface area contributed by atoms with Gasteiger partial charge in [-0.2, -0.15) is 0 Å². The molecule has 0 radical (unpaired) electrons. The lowest BCUT2D eigenvalue weighted by Crippen LogP contribution is -2.44. The summed E-state index contributed by atoms with van der Waals surface area (Å²) in [5, 5.41) is 0. The Hall–Kier alpha value is -2.34. The highest BCUT2D eigenvalue weighted by Crippen LogP contribution is 2.35. The number of fused-ring (bicyclic) bond motifs is 2. The smallest absolute Gasteiger partial charge is 0.254 e. The van der Waals surface area contributed by atoms with E-state index >= 15 is 0 Å². The van der Waals surface area contributed by atoms with E-state index in [4.69, 9.17) is 0 Å². The Kier molecular flexibility index (Phi) is 5.62. The molecule has 160 valence electrons. The molecule has 0 saturated carbocycles. The van der Waals surface area contributed by atoms with Crippen molar-refractivity contribution in [1.82, 2.24) is 4.90 Å². The second-order valence-corrected chi connectivity index (χ2v) is 10.5. The van der Waals surface area contributed by atoms with Crippen molar-refractivity contribution in [3.05, 3.63) is 64.7 Å². The molecule has 1 amide bonds. The fourth-order valence-corrected chi connectivity index (χ4v) is 6.31. The fourth-order valence-electron chi connectivity index (χ4n) is 5.04. The van der Waals surface area contributed by atoms with Crippen LogP contribution in [0.15, 0.2) is 42.5 Å². The lowest BCUT2D eigenvalue weighted by Gasteiger charge is -2.35. The van der Waals surface area contributed by atoms with Gasteiger partial charge in [0, 0.05) is 24.2 Å². The van der Waals surface area contributed by atoms with E-state index in [0.29, 0.717) is 17.7 Å². The van der Waals surface area contributed by atoms with Gasteiger partial charge in [0.1, 0.15) is 0 Å². The van der Waals surface area contributed by atoms with Crippen LogP contribution < -0.4 is 4.31 Å². The Bertz CT molecular complexity index is 1060. The zero-order valence-electron chi connectivity index (χ0n) is 18.0. The number of amides is 1. The molecule has 0 aromatic heterocycles. The van der Waals surface area contributed by atoms with Crippen LogP contribution in [0.1, 0.15) is 53.7 Å². The molecule has 2 aliphatic rings. The minimum Gasteiger partial charge on any atom is -0.335 e. The van der Waals surface area contributed by atoms with E-state index in [-0.39, 0.29) is 18.0 Å². The molecule has 1 heterocycles. The number of nitrogens with zero attached hydrogens (tertiary/aromatic N) is 2. The molecular formula is C24H30N2O3S. The predicted octanol–water partition coefficient (Wildman–Crippen LogP) is 3.81. The van der Waals surface area contributed by atoms with Crippen LogP contribution in [0, 0.1) is 0 Å². The molecule has 4 rings (SSSR count). The van der Waals surface area contributed by atoms with E-state index in [0.717, 1.165) is 37.8 Å². The number of anilines is 1. The third-order valence-corrected chi connectivity index (χ3v) is 7.59. The number of rotatable bonds is 5. The number of carbonyl (C=O) groups excluding carboxylic acids is 1. The zero-order chi connectivity index (χ0) is 21.5. The van der Waals surface area contributed by atoms with Crippen molar-refractivity contribution in [2.24, 2.45) is 0 Å². The van der Waals surface area contributed by atoms with Gasteiger partial charge in [-0.25, -0.2) is 8.42 Å². The Morgan fingerprint density at radius 1 is 1.10 bits per heavy atom. The molecule has 30 heavy (non-hydrogen) atoms. The van der Waals surface area contributed by atoms with Gasteiger partial charge in [0.25, 0.3) is 5.91 Å². The molecule has 2 atom stereocenters. The fraction of sp³-hybridized carbons (Fsp3) is 0.458. The number of hydrogen-bond acceptors (Lipinski definition) is 3. The molecular weight excluding hydrogens is 396 g/mol. The summed E-state index contributed by atoms with van der Waals surface area (Å²) in [5.74, 6) is 0.0505. The second-order valence-electron chi connectivity index (χ2n) is 8.62. The Morgan fingerprint density at radius 2 is 1.83 bits per heavy atom. The van der Waals surface area contributed by atoms with E-state index < -0.39 is 10.0 Å². The molecule has 1 aliphatic carbocycles. The van der Waals surface area contributed by atoms with Crippen LogP contribution in [-0.2, 0) is 29.3 Å². The summed E-state index contributed by atoms with van der Waals surface area (Å²) in [7, 11) is -3.33. The van der Waals surface area contributed by atoms with Gasteiger partial charge < -0.3 is 4.90 Å². The molecule has 0 saturated heterocycles. The van der Waals surface area contributed by atoms with Crippen LogP contribution in [0.5, 0.6) is 0 Å². The largest absolute Gasteiger partial charge is 0.335 e. The first-order valence-electron chi connectivity index (χ1n) is 10.8. The lowest BCUT2D eigenvalue weighted by molar-refractivity contribution is 0.0661. The van der Waals surface area contributed by atoms with Crippen LogP contribution in [0.3, 0.4) is 0 Å². The number of sulfonamides is 1. The highest BCUT2D eigenvalue weighted by atomic mass is 32.2. The van der Waals surface area contributed by atoms with Crippen molar-refractivity contribution in [1.29, 1.82) is 0 Å². The van der Waals surface area contributed by atoms with Gasteiger partial charge in [-0.05, 0) is 73.9 Å². The molecule has 0 fully saturated rings. The summed E-state index contributed by atoms with van der Waals surface area (Å²) in [4.78, 5) is 15.5. The van der Waals surface area contributed by atoms with Crippen molar-refractivity contribution in [2.45, 2.75) is 58.0 Å². The van der Waals surface area contributed by atoms with Crippen molar-refractivity contribution < 1.29 is 13.2 Å². The van der Waals surface area contributed by atoms with Crippen molar-refractivity contribution in [2.75, 3.05) is 17.1 Å². The summed E-state index contributed by atoms with van der Waals surface area (Å²) in [6.45, 7) is 4.74. The van der Waals surface area contributed by atoms with E-state index in [9.17, 15) is 13.2 Å². The monoisotopic (exact) mass is 426 g/mol. The maximum Gasteiger partial charge on any atom is 0.254 e. The van der Waals surface area contributed by atoms with E-state index in [1.165, 1.54) is 21.7 Å². The van der Waals surface area contributed by atoms with Crippen molar-refractivity contribution in [3.63, 3.8) is 0 Å². The average Bonchev–Trinajstić information content (AvgIpc) is 3.06. The quantitative estimate of drug-likeness (QED) is 0.731. The molecule has 2 aromatic rings. The van der Waals surface area contributed by atoms with E-state index in [2.05, 4.69) is 31.2 Å². The van der Waals surface area contributed by atoms with Crippen LogP contribution >= 0.6 is 0 Å². The maximum absolute atomic E-state index is 13.5. The number of aryl methyl sites for hydroxylation is 1. The molecule has 2 aromatic carbocycles. The minimum atomic E-state index is -3.33. The maximum atomic E-state index is 13.5. The van der Waals surface area contributed by atoms with Crippen molar-refractivity contribution >= 4 is 21.6 Å². The summed E-state index contributed by atoms with van der Waals surface area (Å²) in [5.41, 5.74) is 5.03. The Labute approximate surface area is 179 Å². The van der Waals surface area contributed by atoms with Crippen LogP contribution in [0.25, 0.3) is 0 Å². The third-order valence-electron chi connectivity index (χ3n) is 6.32. The van der Waals surface area contributed by atoms with Gasteiger partial charge >= 0.3 is 0 Å². The summed E-state index contributed by atoms with van der Waals surface area (Å²) in [6.07, 6.45) is 5.65. The third kappa shape index (κ3) is 3.85. The normalized spacial score (nSPS) is 20.6. The van der Waals surface area contributed by atoms with Gasteiger partial charge in [0.05, 0.1) is 11.9 Å². The first kappa shape index (κ1) is 20.9. The SMILES string of the molecule is CCCN(C(=O)c1ccc2c(c1)CC(C)N2S(C)(=O)=O)C1CCc2ccccc2C1. The van der Waals surface area contributed by atoms with Gasteiger partial charge in [0.15, 0.2) is 0 Å². The molecule has 0 spiro atoms. The molecule has 0 N–H and O–H groups in total. The van der Waals surface area contributed by atoms with Crippen molar-refractivity contribution in [3.8, 4) is 0 Å². The van der Waals surface area contributed by atoms with E-state index in [1.54, 1.807) is 12.1 Å². The van der Waals surface area contributed by atoms with Crippen LogP contribution in [0.2, 0.25) is 0 Å². The predicted molar refractivity (Wildman–Crippen MR) is 121 cm³/mol. The lowest BCUT2D eigenvalue weighted by atomic mass is 9.87. The number of carbonyl (C=O) groups is 1. The minimum absolute atomic E-state index is 0.0505. The topological polar surface area (TPSA) is 57.7 Å². The first-order valence-corrected chi connectivity index (χ1v) is 12.6. The van der Waals surface area contributed by atoms with Gasteiger partial charge in [-0.1, -0.05) is 31.2 Å². The molecule has 0 bridgehead atoms. The molecule has 6 heteroatoms. The van der Waals surface area contributed by atoms with Gasteiger partial charge in [-0.3, -0.25) is 9.10 Å².